The first-order valence-electron chi connectivity index (χ1n) is 4.89. The summed E-state index contributed by atoms with van der Waals surface area (Å²) in [4.78, 5) is 0. The summed E-state index contributed by atoms with van der Waals surface area (Å²) in [7, 11) is 2.78. The normalized spacial score (nSPS) is 15.2. The Hall–Kier alpha value is 0.584. The van der Waals surface area contributed by atoms with Crippen LogP contribution in [0, 0.1) is 0 Å². The molecule has 0 bridgehead atoms. The Labute approximate surface area is 105 Å². The fourth-order valence-corrected chi connectivity index (χ4v) is 11.1. The molecule has 0 aliphatic rings. The molecule has 0 heterocycles. The van der Waals surface area contributed by atoms with E-state index in [1.807, 2.05) is 6.92 Å². The van der Waals surface area contributed by atoms with Gasteiger partial charge in [-0.05, 0) is 0 Å². The van der Waals surface area contributed by atoms with Gasteiger partial charge in [-0.15, -0.1) is 0 Å². The van der Waals surface area contributed by atoms with Crippen molar-refractivity contribution in [3.8, 4) is 0 Å². The van der Waals surface area contributed by atoms with Crippen molar-refractivity contribution in [2.45, 2.75) is 12.1 Å². The molecule has 98 valence electrons. The van der Waals surface area contributed by atoms with Crippen molar-refractivity contribution in [2.24, 2.45) is 0 Å². The molecule has 0 aromatic heterocycles. The minimum Gasteiger partial charge on any atom is -0.397 e. The topological polar surface area (TPSA) is 46.2 Å². The zero-order valence-corrected chi connectivity index (χ0v) is 13.7. The zero-order valence-electron chi connectivity index (χ0n) is 10.8. The Bertz CT molecular complexity index is 162. The van der Waals surface area contributed by atoms with E-state index in [0.29, 0.717) is 5.38 Å². The molecule has 0 fully saturated rings. The van der Waals surface area contributed by atoms with Crippen molar-refractivity contribution < 1.29 is 22.1 Å². The van der Waals surface area contributed by atoms with E-state index < -0.39 is 17.4 Å². The Kier molecular flexibility index (Phi) is 7.37. The standard InChI is InChI=1S/C8H22O5SSi2/c1-8(15(7-14,9-2)10-3)16(11-4,12-5)13-6/h8,14H,7H2,1-6H3. The Balaban J connectivity index is 5.16. The first kappa shape index (κ1) is 16.6. The van der Waals surface area contributed by atoms with Gasteiger partial charge >= 0.3 is 17.4 Å². The molecule has 0 N–H and O–H groups in total. The quantitative estimate of drug-likeness (QED) is 0.533. The molecule has 0 aliphatic heterocycles. The number of hydrogen-bond donors (Lipinski definition) is 1. The summed E-state index contributed by atoms with van der Waals surface area (Å²) in [5, 5.41) is 0.457. The van der Waals surface area contributed by atoms with Gasteiger partial charge in [-0.1, -0.05) is 6.92 Å². The van der Waals surface area contributed by atoms with Crippen molar-refractivity contribution >= 4 is 30.0 Å². The number of hydrogen-bond acceptors (Lipinski definition) is 6. The molecular weight excluding hydrogens is 264 g/mol. The first-order valence-corrected chi connectivity index (χ1v) is 9.42. The van der Waals surface area contributed by atoms with E-state index in [-0.39, 0.29) is 5.16 Å². The lowest BCUT2D eigenvalue weighted by Crippen LogP contribution is -2.61. The van der Waals surface area contributed by atoms with Crippen LogP contribution in [0.4, 0.5) is 0 Å². The monoisotopic (exact) mass is 286 g/mol. The third-order valence-electron chi connectivity index (χ3n) is 2.96. The van der Waals surface area contributed by atoms with Crippen LogP contribution >= 0.6 is 12.6 Å². The van der Waals surface area contributed by atoms with Gasteiger partial charge in [-0.3, -0.25) is 0 Å². The number of thiol groups is 1. The highest BCUT2D eigenvalue weighted by Crippen LogP contribution is 2.34. The van der Waals surface area contributed by atoms with Gasteiger partial charge in [0.15, 0.2) is 0 Å². The molecule has 5 nitrogen and oxygen atoms in total. The fourth-order valence-electron chi connectivity index (χ4n) is 1.75. The number of rotatable bonds is 8. The molecule has 8 heteroatoms. The Morgan fingerprint density at radius 3 is 1.44 bits per heavy atom. The van der Waals surface area contributed by atoms with Gasteiger partial charge in [0.2, 0.25) is 0 Å². The average molecular weight is 286 g/mol. The highest BCUT2D eigenvalue weighted by atomic mass is 32.1. The van der Waals surface area contributed by atoms with Crippen molar-refractivity contribution in [3.05, 3.63) is 0 Å². The molecule has 0 spiro atoms. The minimum atomic E-state index is -2.76. The molecule has 0 saturated heterocycles. The van der Waals surface area contributed by atoms with Gasteiger partial charge in [0, 0.05) is 40.9 Å². The second-order valence-corrected chi connectivity index (χ2v) is 11.8. The maximum absolute atomic E-state index is 5.54. The van der Waals surface area contributed by atoms with Crippen LogP contribution in [-0.4, -0.2) is 58.3 Å². The van der Waals surface area contributed by atoms with Crippen molar-refractivity contribution in [3.63, 3.8) is 0 Å². The van der Waals surface area contributed by atoms with E-state index in [0.717, 1.165) is 0 Å². The molecule has 0 saturated carbocycles. The molecule has 16 heavy (non-hydrogen) atoms. The van der Waals surface area contributed by atoms with Gasteiger partial charge in [-0.2, -0.15) is 12.6 Å². The fraction of sp³-hybridized carbons (Fsp3) is 1.00. The van der Waals surface area contributed by atoms with Crippen molar-refractivity contribution in [2.75, 3.05) is 40.9 Å². The van der Waals surface area contributed by atoms with Crippen LogP contribution < -0.4 is 0 Å². The predicted molar refractivity (Wildman–Crippen MR) is 69.8 cm³/mol. The molecule has 0 amide bonds. The van der Waals surface area contributed by atoms with Gasteiger partial charge in [-0.25, -0.2) is 0 Å². The van der Waals surface area contributed by atoms with Gasteiger partial charge < -0.3 is 22.1 Å². The molecule has 0 rings (SSSR count). The molecule has 0 aromatic rings. The SMILES string of the molecule is CO[Si](CS)(OC)C(C)[Si](OC)(OC)OC. The molecule has 0 aromatic carbocycles. The smallest absolute Gasteiger partial charge is 0.397 e. The second kappa shape index (κ2) is 7.11. The van der Waals surface area contributed by atoms with Gasteiger partial charge in [0.25, 0.3) is 0 Å². The van der Waals surface area contributed by atoms with Crippen molar-refractivity contribution in [1.82, 2.24) is 0 Å². The van der Waals surface area contributed by atoms with E-state index in [4.69, 9.17) is 22.1 Å². The summed E-state index contributed by atoms with van der Waals surface area (Å²) in [6.07, 6.45) is 0. The highest BCUT2D eigenvalue weighted by molar-refractivity contribution is 7.82. The third kappa shape index (κ3) is 2.88. The summed E-state index contributed by atoms with van der Waals surface area (Å²) in [5.41, 5.74) is 0. The molecule has 0 radical (unpaired) electrons. The summed E-state index contributed by atoms with van der Waals surface area (Å²) >= 11 is 4.32. The van der Waals surface area contributed by atoms with Gasteiger partial charge in [0.1, 0.15) is 0 Å². The van der Waals surface area contributed by atoms with Crippen LogP contribution in [-0.2, 0) is 22.1 Å². The van der Waals surface area contributed by atoms with Crippen LogP contribution in [0.25, 0.3) is 0 Å². The summed E-state index contributed by atoms with van der Waals surface area (Å²) in [6, 6.07) is 0. The van der Waals surface area contributed by atoms with E-state index in [2.05, 4.69) is 12.6 Å². The van der Waals surface area contributed by atoms with Crippen LogP contribution in [0.1, 0.15) is 6.92 Å². The Morgan fingerprint density at radius 1 is 0.875 bits per heavy atom. The van der Waals surface area contributed by atoms with Crippen LogP contribution in [0.15, 0.2) is 0 Å². The highest BCUT2D eigenvalue weighted by Gasteiger charge is 2.58. The van der Waals surface area contributed by atoms with Crippen molar-refractivity contribution in [1.29, 1.82) is 0 Å². The summed E-state index contributed by atoms with van der Waals surface area (Å²) in [5.74, 6) is 0. The second-order valence-electron chi connectivity index (χ2n) is 3.32. The summed E-state index contributed by atoms with van der Waals surface area (Å²) in [6.45, 7) is 1.97. The minimum absolute atomic E-state index is 0.0625. The maximum atomic E-state index is 5.54. The largest absolute Gasteiger partial charge is 0.505 e. The van der Waals surface area contributed by atoms with E-state index in [9.17, 15) is 0 Å². The third-order valence-corrected chi connectivity index (χ3v) is 12.6. The molecule has 0 aliphatic carbocycles. The van der Waals surface area contributed by atoms with Crippen LogP contribution in [0.5, 0.6) is 0 Å². The zero-order chi connectivity index (χ0) is 12.8. The molecule has 1 atom stereocenters. The molecular formula is C8H22O5SSi2. The Morgan fingerprint density at radius 2 is 1.25 bits per heavy atom. The first-order chi connectivity index (χ1) is 7.52. The lowest BCUT2D eigenvalue weighted by molar-refractivity contribution is 0.112. The summed E-state index contributed by atoms with van der Waals surface area (Å²) < 4.78 is 27.4. The maximum Gasteiger partial charge on any atom is 0.505 e. The van der Waals surface area contributed by atoms with Crippen LogP contribution in [0.3, 0.4) is 0 Å². The lowest BCUT2D eigenvalue weighted by Gasteiger charge is -2.38. The van der Waals surface area contributed by atoms with Crippen LogP contribution in [0.2, 0.25) is 5.16 Å². The van der Waals surface area contributed by atoms with E-state index in [1.165, 1.54) is 0 Å². The van der Waals surface area contributed by atoms with E-state index >= 15 is 0 Å². The molecule has 1 unspecified atom stereocenters. The lowest BCUT2D eigenvalue weighted by atomic mass is 10.9. The average Bonchev–Trinajstić information content (AvgIpc) is 2.35. The van der Waals surface area contributed by atoms with E-state index in [1.54, 1.807) is 35.5 Å². The predicted octanol–water partition coefficient (Wildman–Crippen LogP) is 0.998. The van der Waals surface area contributed by atoms with Gasteiger partial charge in [0.05, 0.1) is 5.16 Å².